The monoisotopic (exact) mass is 337 g/mol. The average Bonchev–Trinajstić information content (AvgIpc) is 3.19. The third-order valence-electron chi connectivity index (χ3n) is 4.21. The summed E-state index contributed by atoms with van der Waals surface area (Å²) in [6.07, 6.45) is 1.78. The van der Waals surface area contributed by atoms with Crippen LogP contribution in [0, 0.1) is 0 Å². The van der Waals surface area contributed by atoms with Crippen LogP contribution in [-0.2, 0) is 0 Å². The van der Waals surface area contributed by atoms with Gasteiger partial charge in [0.1, 0.15) is 11.6 Å². The summed E-state index contributed by atoms with van der Waals surface area (Å²) in [5, 5.41) is 7.39. The third-order valence-corrected chi connectivity index (χ3v) is 4.21. The molecule has 1 aliphatic heterocycles. The second kappa shape index (κ2) is 6.90. The van der Waals surface area contributed by atoms with Gasteiger partial charge in [0.2, 0.25) is 5.82 Å². The predicted octanol–water partition coefficient (Wildman–Crippen LogP) is 2.22. The summed E-state index contributed by atoms with van der Waals surface area (Å²) in [4.78, 5) is 11.3. The maximum Gasteiger partial charge on any atom is 0.259 e. The summed E-state index contributed by atoms with van der Waals surface area (Å²) in [6.45, 7) is 3.90. The van der Waals surface area contributed by atoms with Gasteiger partial charge in [-0.1, -0.05) is 5.16 Å². The van der Waals surface area contributed by atoms with Crippen LogP contribution in [0.3, 0.4) is 0 Å². The second-order valence-electron chi connectivity index (χ2n) is 5.79. The Bertz CT molecular complexity index is 823. The van der Waals surface area contributed by atoms with Crippen molar-refractivity contribution in [2.45, 2.75) is 0 Å². The van der Waals surface area contributed by atoms with Crippen molar-refractivity contribution in [2.24, 2.45) is 0 Å². The largest absolute Gasteiger partial charge is 0.497 e. The van der Waals surface area contributed by atoms with Gasteiger partial charge in [-0.05, 0) is 36.4 Å². The minimum atomic E-state index is 0.463. The standard InChI is InChI=1S/C18H19N5O2/c1-24-15-5-2-13(3-6-15)17-21-18(25-22-17)14-4-7-16(20-12-14)23-10-8-19-9-11-23/h2-7,12,19H,8-11H2,1H3. The molecule has 0 amide bonds. The highest BCUT2D eigenvalue weighted by Crippen LogP contribution is 2.24. The lowest BCUT2D eigenvalue weighted by atomic mass is 10.2. The average molecular weight is 337 g/mol. The van der Waals surface area contributed by atoms with Gasteiger partial charge in [0, 0.05) is 37.9 Å². The highest BCUT2D eigenvalue weighted by atomic mass is 16.5. The molecule has 0 atom stereocenters. The van der Waals surface area contributed by atoms with Gasteiger partial charge >= 0.3 is 0 Å². The first kappa shape index (κ1) is 15.6. The maximum atomic E-state index is 5.39. The van der Waals surface area contributed by atoms with E-state index in [1.807, 2.05) is 36.4 Å². The molecule has 1 aliphatic rings. The van der Waals surface area contributed by atoms with Gasteiger partial charge in [-0.25, -0.2) is 4.98 Å². The Labute approximate surface area is 145 Å². The van der Waals surface area contributed by atoms with Crippen LogP contribution in [0.2, 0.25) is 0 Å². The highest BCUT2D eigenvalue weighted by molar-refractivity contribution is 5.61. The summed E-state index contributed by atoms with van der Waals surface area (Å²) in [6, 6.07) is 11.5. The Morgan fingerprint density at radius 1 is 1.04 bits per heavy atom. The molecule has 0 bridgehead atoms. The lowest BCUT2D eigenvalue weighted by Gasteiger charge is -2.28. The number of hydrogen-bond acceptors (Lipinski definition) is 7. The van der Waals surface area contributed by atoms with E-state index in [4.69, 9.17) is 9.26 Å². The van der Waals surface area contributed by atoms with Crippen LogP contribution in [0.15, 0.2) is 47.1 Å². The molecule has 3 heterocycles. The molecule has 128 valence electrons. The van der Waals surface area contributed by atoms with E-state index in [0.717, 1.165) is 48.9 Å². The number of nitrogens with zero attached hydrogens (tertiary/aromatic N) is 4. The first-order valence-corrected chi connectivity index (χ1v) is 8.24. The molecule has 0 radical (unpaired) electrons. The minimum absolute atomic E-state index is 0.463. The minimum Gasteiger partial charge on any atom is -0.497 e. The molecule has 4 rings (SSSR count). The summed E-state index contributed by atoms with van der Waals surface area (Å²) in [7, 11) is 1.64. The Balaban J connectivity index is 1.53. The molecular formula is C18H19N5O2. The maximum absolute atomic E-state index is 5.39. The molecule has 0 saturated carbocycles. The Hall–Kier alpha value is -2.93. The molecule has 1 N–H and O–H groups in total. The van der Waals surface area contributed by atoms with Gasteiger partial charge in [-0.15, -0.1) is 0 Å². The number of nitrogens with one attached hydrogen (secondary N) is 1. The van der Waals surface area contributed by atoms with Crippen molar-refractivity contribution in [3.8, 4) is 28.6 Å². The van der Waals surface area contributed by atoms with Crippen LogP contribution in [0.4, 0.5) is 5.82 Å². The van der Waals surface area contributed by atoms with Gasteiger partial charge in [0.25, 0.3) is 5.89 Å². The van der Waals surface area contributed by atoms with E-state index in [9.17, 15) is 0 Å². The van der Waals surface area contributed by atoms with Crippen molar-refractivity contribution in [3.63, 3.8) is 0 Å². The van der Waals surface area contributed by atoms with E-state index >= 15 is 0 Å². The molecule has 2 aromatic heterocycles. The first-order valence-electron chi connectivity index (χ1n) is 8.24. The fourth-order valence-corrected chi connectivity index (χ4v) is 2.79. The summed E-state index contributed by atoms with van der Waals surface area (Å²) in [5.41, 5.74) is 1.69. The van der Waals surface area contributed by atoms with E-state index in [2.05, 4.69) is 25.3 Å². The number of benzene rings is 1. The molecule has 3 aromatic rings. The summed E-state index contributed by atoms with van der Waals surface area (Å²) in [5.74, 6) is 2.77. The summed E-state index contributed by atoms with van der Waals surface area (Å²) >= 11 is 0. The van der Waals surface area contributed by atoms with E-state index in [0.29, 0.717) is 11.7 Å². The predicted molar refractivity (Wildman–Crippen MR) is 94.6 cm³/mol. The Kier molecular flexibility index (Phi) is 4.30. The lowest BCUT2D eigenvalue weighted by molar-refractivity contribution is 0.415. The van der Waals surface area contributed by atoms with Gasteiger partial charge in [-0.2, -0.15) is 4.98 Å². The molecule has 1 fully saturated rings. The van der Waals surface area contributed by atoms with E-state index < -0.39 is 0 Å². The quantitative estimate of drug-likeness (QED) is 0.782. The zero-order valence-electron chi connectivity index (χ0n) is 14.0. The smallest absolute Gasteiger partial charge is 0.259 e. The normalized spacial score (nSPS) is 14.5. The van der Waals surface area contributed by atoms with Crippen LogP contribution < -0.4 is 15.0 Å². The van der Waals surface area contributed by atoms with Crippen molar-refractivity contribution in [1.82, 2.24) is 20.4 Å². The number of ether oxygens (including phenoxy) is 1. The van der Waals surface area contributed by atoms with Crippen LogP contribution in [0.25, 0.3) is 22.8 Å². The number of anilines is 1. The Morgan fingerprint density at radius 3 is 2.48 bits per heavy atom. The second-order valence-corrected chi connectivity index (χ2v) is 5.79. The fourth-order valence-electron chi connectivity index (χ4n) is 2.79. The third kappa shape index (κ3) is 3.32. The van der Waals surface area contributed by atoms with Crippen LogP contribution in [0.1, 0.15) is 0 Å². The van der Waals surface area contributed by atoms with Crippen LogP contribution in [-0.4, -0.2) is 48.4 Å². The fraction of sp³-hybridized carbons (Fsp3) is 0.278. The molecule has 1 aromatic carbocycles. The molecule has 25 heavy (non-hydrogen) atoms. The van der Waals surface area contributed by atoms with Crippen molar-refractivity contribution >= 4 is 5.82 Å². The van der Waals surface area contributed by atoms with Gasteiger partial charge in [0.15, 0.2) is 0 Å². The van der Waals surface area contributed by atoms with Crippen molar-refractivity contribution in [1.29, 1.82) is 0 Å². The lowest BCUT2D eigenvalue weighted by Crippen LogP contribution is -2.43. The molecular weight excluding hydrogens is 318 g/mol. The number of piperazine rings is 1. The van der Waals surface area contributed by atoms with E-state index in [1.54, 1.807) is 13.3 Å². The number of methoxy groups -OCH3 is 1. The van der Waals surface area contributed by atoms with Crippen molar-refractivity contribution in [2.75, 3.05) is 38.2 Å². The van der Waals surface area contributed by atoms with E-state index in [1.165, 1.54) is 0 Å². The number of pyridine rings is 1. The van der Waals surface area contributed by atoms with Gasteiger partial charge in [-0.3, -0.25) is 0 Å². The van der Waals surface area contributed by atoms with Crippen LogP contribution in [0.5, 0.6) is 5.75 Å². The van der Waals surface area contributed by atoms with Crippen LogP contribution >= 0.6 is 0 Å². The van der Waals surface area contributed by atoms with Gasteiger partial charge < -0.3 is 19.5 Å². The topological polar surface area (TPSA) is 76.3 Å². The van der Waals surface area contributed by atoms with Gasteiger partial charge in [0.05, 0.1) is 12.7 Å². The van der Waals surface area contributed by atoms with E-state index in [-0.39, 0.29) is 0 Å². The Morgan fingerprint density at radius 2 is 1.80 bits per heavy atom. The molecule has 1 saturated heterocycles. The molecule has 7 nitrogen and oxygen atoms in total. The zero-order chi connectivity index (χ0) is 17.1. The summed E-state index contributed by atoms with van der Waals surface area (Å²) < 4.78 is 10.6. The molecule has 0 spiro atoms. The van der Waals surface area contributed by atoms with Crippen molar-refractivity contribution < 1.29 is 9.26 Å². The number of aromatic nitrogens is 3. The highest BCUT2D eigenvalue weighted by Gasteiger charge is 2.14. The zero-order valence-corrected chi connectivity index (χ0v) is 14.0. The SMILES string of the molecule is COc1ccc(-c2noc(-c3ccc(N4CCNCC4)nc3)n2)cc1. The molecule has 7 heteroatoms. The molecule has 0 aliphatic carbocycles. The number of rotatable bonds is 4. The van der Waals surface area contributed by atoms with Crippen molar-refractivity contribution in [3.05, 3.63) is 42.6 Å². The first-order chi connectivity index (χ1) is 12.3. The number of hydrogen-bond donors (Lipinski definition) is 1. The molecule has 0 unspecified atom stereocenters.